The standard InChI is InChI=1S/C12H7BrFN3/c13-7-1-3-10(15-6-7)12-16-9-4-2-8(14)5-11(9)17-12/h1-6H,(H,16,17). The monoisotopic (exact) mass is 291 g/mol. The van der Waals surface area contributed by atoms with Crippen LogP contribution in [0, 0.1) is 5.82 Å². The van der Waals surface area contributed by atoms with Gasteiger partial charge in [-0.2, -0.15) is 0 Å². The molecule has 0 radical (unpaired) electrons. The number of halogens is 2. The molecule has 0 saturated carbocycles. The van der Waals surface area contributed by atoms with Gasteiger partial charge in [-0.3, -0.25) is 4.98 Å². The number of fused-ring (bicyclic) bond motifs is 1. The van der Waals surface area contributed by atoms with E-state index in [1.807, 2.05) is 12.1 Å². The number of nitrogens with one attached hydrogen (secondary N) is 1. The van der Waals surface area contributed by atoms with E-state index in [9.17, 15) is 4.39 Å². The fraction of sp³-hybridized carbons (Fsp3) is 0. The van der Waals surface area contributed by atoms with E-state index >= 15 is 0 Å². The van der Waals surface area contributed by atoms with Crippen molar-refractivity contribution in [2.24, 2.45) is 0 Å². The molecule has 0 aliphatic heterocycles. The first-order chi connectivity index (χ1) is 8.22. The number of benzene rings is 1. The molecule has 84 valence electrons. The van der Waals surface area contributed by atoms with Gasteiger partial charge in [-0.25, -0.2) is 9.37 Å². The molecular formula is C12H7BrFN3. The summed E-state index contributed by atoms with van der Waals surface area (Å²) in [7, 11) is 0. The van der Waals surface area contributed by atoms with Crippen molar-refractivity contribution >= 4 is 27.0 Å². The van der Waals surface area contributed by atoms with Crippen molar-refractivity contribution in [3.8, 4) is 11.5 Å². The van der Waals surface area contributed by atoms with E-state index in [0.29, 0.717) is 11.3 Å². The highest BCUT2D eigenvalue weighted by atomic mass is 79.9. The first-order valence-electron chi connectivity index (χ1n) is 4.99. The van der Waals surface area contributed by atoms with Gasteiger partial charge in [-0.1, -0.05) is 0 Å². The predicted molar refractivity (Wildman–Crippen MR) is 67.0 cm³/mol. The largest absolute Gasteiger partial charge is 0.337 e. The van der Waals surface area contributed by atoms with Crippen molar-refractivity contribution in [1.82, 2.24) is 15.0 Å². The van der Waals surface area contributed by atoms with Crippen molar-refractivity contribution in [3.05, 3.63) is 46.8 Å². The molecular weight excluding hydrogens is 285 g/mol. The third-order valence-corrected chi connectivity index (χ3v) is 2.88. The highest BCUT2D eigenvalue weighted by molar-refractivity contribution is 9.10. The fourth-order valence-corrected chi connectivity index (χ4v) is 1.85. The van der Waals surface area contributed by atoms with Crippen LogP contribution in [0.5, 0.6) is 0 Å². The van der Waals surface area contributed by atoms with Gasteiger partial charge < -0.3 is 4.98 Å². The molecule has 0 unspecified atom stereocenters. The van der Waals surface area contributed by atoms with E-state index in [4.69, 9.17) is 0 Å². The molecule has 1 aromatic carbocycles. The zero-order valence-corrected chi connectivity index (χ0v) is 10.2. The first kappa shape index (κ1) is 10.4. The van der Waals surface area contributed by atoms with E-state index in [1.54, 1.807) is 12.3 Å². The number of hydrogen-bond acceptors (Lipinski definition) is 2. The van der Waals surface area contributed by atoms with Crippen LogP contribution < -0.4 is 0 Å². The van der Waals surface area contributed by atoms with Crippen molar-refractivity contribution in [2.45, 2.75) is 0 Å². The smallest absolute Gasteiger partial charge is 0.157 e. The van der Waals surface area contributed by atoms with Crippen molar-refractivity contribution < 1.29 is 4.39 Å². The number of pyridine rings is 1. The van der Waals surface area contributed by atoms with E-state index in [0.717, 1.165) is 15.7 Å². The highest BCUT2D eigenvalue weighted by Gasteiger charge is 2.06. The maximum absolute atomic E-state index is 13.0. The number of rotatable bonds is 1. The third kappa shape index (κ3) is 1.93. The maximum Gasteiger partial charge on any atom is 0.157 e. The van der Waals surface area contributed by atoms with Gasteiger partial charge in [-0.15, -0.1) is 0 Å². The Hall–Kier alpha value is -1.75. The molecule has 0 spiro atoms. The molecule has 0 fully saturated rings. The Morgan fingerprint density at radius 1 is 1.18 bits per heavy atom. The summed E-state index contributed by atoms with van der Waals surface area (Å²) in [6.07, 6.45) is 1.70. The van der Waals surface area contributed by atoms with Crippen LogP contribution in [0.25, 0.3) is 22.6 Å². The van der Waals surface area contributed by atoms with Crippen LogP contribution in [-0.2, 0) is 0 Å². The zero-order valence-electron chi connectivity index (χ0n) is 8.61. The van der Waals surface area contributed by atoms with Crippen LogP contribution in [0.15, 0.2) is 41.0 Å². The van der Waals surface area contributed by atoms with E-state index < -0.39 is 0 Å². The number of H-pyrrole nitrogens is 1. The van der Waals surface area contributed by atoms with Crippen LogP contribution in [-0.4, -0.2) is 15.0 Å². The molecule has 2 heterocycles. The van der Waals surface area contributed by atoms with Gasteiger partial charge in [0.05, 0.1) is 11.0 Å². The summed E-state index contributed by atoms with van der Waals surface area (Å²) in [6, 6.07) is 8.18. The SMILES string of the molecule is Fc1ccc2nc(-c3ccc(Br)cn3)[nH]c2c1. The summed E-state index contributed by atoms with van der Waals surface area (Å²) in [4.78, 5) is 11.6. The number of nitrogens with zero attached hydrogens (tertiary/aromatic N) is 2. The van der Waals surface area contributed by atoms with Crippen molar-refractivity contribution in [2.75, 3.05) is 0 Å². The molecule has 3 rings (SSSR count). The van der Waals surface area contributed by atoms with Gasteiger partial charge in [0.15, 0.2) is 5.82 Å². The second-order valence-corrected chi connectivity index (χ2v) is 4.52. The van der Waals surface area contributed by atoms with Crippen molar-refractivity contribution in [3.63, 3.8) is 0 Å². The van der Waals surface area contributed by atoms with Gasteiger partial charge in [0.25, 0.3) is 0 Å². The van der Waals surface area contributed by atoms with E-state index in [2.05, 4.69) is 30.9 Å². The number of hydrogen-bond donors (Lipinski definition) is 1. The average molecular weight is 292 g/mol. The lowest BCUT2D eigenvalue weighted by atomic mass is 10.3. The minimum atomic E-state index is -0.281. The summed E-state index contributed by atoms with van der Waals surface area (Å²) in [5.74, 6) is 0.356. The van der Waals surface area contributed by atoms with E-state index in [-0.39, 0.29) is 5.82 Å². The molecule has 3 aromatic rings. The molecule has 2 aromatic heterocycles. The van der Waals surface area contributed by atoms with Gasteiger partial charge in [0, 0.05) is 10.7 Å². The molecule has 17 heavy (non-hydrogen) atoms. The first-order valence-corrected chi connectivity index (χ1v) is 5.79. The third-order valence-electron chi connectivity index (χ3n) is 2.41. The van der Waals surface area contributed by atoms with Gasteiger partial charge >= 0.3 is 0 Å². The van der Waals surface area contributed by atoms with Gasteiger partial charge in [-0.05, 0) is 46.3 Å². The lowest BCUT2D eigenvalue weighted by molar-refractivity contribution is 0.629. The maximum atomic E-state index is 13.0. The molecule has 0 aliphatic carbocycles. The Morgan fingerprint density at radius 3 is 2.82 bits per heavy atom. The topological polar surface area (TPSA) is 41.6 Å². The lowest BCUT2D eigenvalue weighted by Gasteiger charge is -1.94. The summed E-state index contributed by atoms with van der Waals surface area (Å²) < 4.78 is 13.9. The molecule has 0 amide bonds. The minimum absolute atomic E-state index is 0.281. The Balaban J connectivity index is 2.14. The summed E-state index contributed by atoms with van der Waals surface area (Å²) in [6.45, 7) is 0. The number of aromatic nitrogens is 3. The second-order valence-electron chi connectivity index (χ2n) is 3.61. The van der Waals surface area contributed by atoms with Gasteiger partial charge in [0.1, 0.15) is 11.5 Å². The normalized spacial score (nSPS) is 10.9. The summed E-state index contributed by atoms with van der Waals surface area (Å²) >= 11 is 3.32. The summed E-state index contributed by atoms with van der Waals surface area (Å²) in [5, 5.41) is 0. The van der Waals surface area contributed by atoms with Crippen molar-refractivity contribution in [1.29, 1.82) is 0 Å². The zero-order chi connectivity index (χ0) is 11.8. The molecule has 0 atom stereocenters. The van der Waals surface area contributed by atoms with Crippen LogP contribution in [0.4, 0.5) is 4.39 Å². The Morgan fingerprint density at radius 2 is 2.06 bits per heavy atom. The molecule has 0 aliphatic rings. The van der Waals surface area contributed by atoms with Crippen LogP contribution >= 0.6 is 15.9 Å². The average Bonchev–Trinajstić information content (AvgIpc) is 2.72. The molecule has 1 N–H and O–H groups in total. The van der Waals surface area contributed by atoms with Gasteiger partial charge in [0.2, 0.25) is 0 Å². The van der Waals surface area contributed by atoms with E-state index in [1.165, 1.54) is 12.1 Å². The molecule has 0 saturated heterocycles. The fourth-order valence-electron chi connectivity index (χ4n) is 1.62. The molecule has 0 bridgehead atoms. The number of aromatic amines is 1. The predicted octanol–water partition coefficient (Wildman–Crippen LogP) is 3.53. The Bertz CT molecular complexity index is 676. The van der Waals surface area contributed by atoms with Crippen LogP contribution in [0.1, 0.15) is 0 Å². The van der Waals surface area contributed by atoms with Crippen LogP contribution in [0.2, 0.25) is 0 Å². The Labute approximate surface area is 105 Å². The molecule has 5 heteroatoms. The molecule has 3 nitrogen and oxygen atoms in total. The second kappa shape index (κ2) is 3.92. The number of imidazole rings is 1. The minimum Gasteiger partial charge on any atom is -0.337 e. The quantitative estimate of drug-likeness (QED) is 0.745. The lowest BCUT2D eigenvalue weighted by Crippen LogP contribution is -1.84. The summed E-state index contributed by atoms with van der Waals surface area (Å²) in [5.41, 5.74) is 2.13. The Kier molecular flexibility index (Phi) is 2.40. The highest BCUT2D eigenvalue weighted by Crippen LogP contribution is 2.20. The van der Waals surface area contributed by atoms with Crippen LogP contribution in [0.3, 0.4) is 0 Å².